The molecule has 1 aromatic rings. The summed E-state index contributed by atoms with van der Waals surface area (Å²) in [6.45, 7) is 1.53. The Morgan fingerprint density at radius 3 is 2.48 bits per heavy atom. The molecule has 0 aromatic heterocycles. The van der Waals surface area contributed by atoms with Crippen LogP contribution in [0.25, 0.3) is 0 Å². The molecule has 0 bridgehead atoms. The number of hydrogen-bond acceptors (Lipinski definition) is 3. The van der Waals surface area contributed by atoms with Crippen LogP contribution in [0.5, 0.6) is 5.75 Å². The van der Waals surface area contributed by atoms with Crippen molar-refractivity contribution in [3.63, 3.8) is 0 Å². The van der Waals surface area contributed by atoms with Gasteiger partial charge in [0.1, 0.15) is 12.3 Å². The van der Waals surface area contributed by atoms with Crippen LogP contribution in [0.4, 0.5) is 13.2 Å². The van der Waals surface area contributed by atoms with Crippen LogP contribution >= 0.6 is 0 Å². The Morgan fingerprint density at radius 2 is 1.95 bits per heavy atom. The third-order valence-corrected chi connectivity index (χ3v) is 2.84. The summed E-state index contributed by atoms with van der Waals surface area (Å²) in [7, 11) is 0. The van der Waals surface area contributed by atoms with Crippen LogP contribution < -0.4 is 10.5 Å². The van der Waals surface area contributed by atoms with Gasteiger partial charge < -0.3 is 15.4 Å². The molecule has 0 saturated carbocycles. The van der Waals surface area contributed by atoms with E-state index in [0.29, 0.717) is 11.3 Å². The number of alkyl halides is 3. The minimum absolute atomic E-state index is 0.223. The molecule has 1 rings (SSSR count). The monoisotopic (exact) mass is 304 g/mol. The quantitative estimate of drug-likeness (QED) is 0.877. The molecule has 1 amide bonds. The predicted octanol–water partition coefficient (Wildman–Crippen LogP) is 2.32. The second-order valence-corrected chi connectivity index (χ2v) is 4.83. The number of para-hydroxylation sites is 1. The molecule has 0 fully saturated rings. The number of ether oxygens (including phenoxy) is 1. The van der Waals surface area contributed by atoms with Crippen molar-refractivity contribution in [3.05, 3.63) is 29.8 Å². The van der Waals surface area contributed by atoms with Crippen molar-refractivity contribution in [2.24, 2.45) is 5.73 Å². The maximum absolute atomic E-state index is 12.5. The summed E-state index contributed by atoms with van der Waals surface area (Å²) in [4.78, 5) is 12.6. The number of hydrogen-bond donors (Lipinski definition) is 1. The molecule has 7 heteroatoms. The second kappa shape index (κ2) is 7.31. The fraction of sp³-hybridized carbons (Fsp3) is 0.500. The molecule has 21 heavy (non-hydrogen) atoms. The molecule has 0 radical (unpaired) electrons. The van der Waals surface area contributed by atoms with E-state index in [1.54, 1.807) is 24.3 Å². The van der Waals surface area contributed by atoms with E-state index in [-0.39, 0.29) is 6.54 Å². The van der Waals surface area contributed by atoms with Gasteiger partial charge in [0.2, 0.25) is 0 Å². The van der Waals surface area contributed by atoms with Gasteiger partial charge in [0, 0.05) is 18.2 Å². The number of amides is 1. The first kappa shape index (κ1) is 17.3. The molecule has 118 valence electrons. The standard InChI is InChI=1S/C14H19F3N2O2/c1-10(2)19(9-14(15,16)17)13(20)8-21-12-6-4-3-5-11(12)7-18/h3-6,10H,7-9,18H2,1-2H3. The lowest BCUT2D eigenvalue weighted by molar-refractivity contribution is -0.165. The highest BCUT2D eigenvalue weighted by atomic mass is 19.4. The van der Waals surface area contributed by atoms with E-state index in [1.807, 2.05) is 0 Å². The maximum atomic E-state index is 12.5. The van der Waals surface area contributed by atoms with Gasteiger partial charge in [-0.15, -0.1) is 0 Å². The van der Waals surface area contributed by atoms with Crippen molar-refractivity contribution < 1.29 is 22.7 Å². The van der Waals surface area contributed by atoms with E-state index >= 15 is 0 Å². The maximum Gasteiger partial charge on any atom is 0.406 e. The summed E-state index contributed by atoms with van der Waals surface area (Å²) in [5.41, 5.74) is 6.22. The largest absolute Gasteiger partial charge is 0.483 e. The summed E-state index contributed by atoms with van der Waals surface area (Å²) in [6, 6.07) is 6.26. The summed E-state index contributed by atoms with van der Waals surface area (Å²) >= 11 is 0. The third-order valence-electron chi connectivity index (χ3n) is 2.84. The predicted molar refractivity (Wildman–Crippen MR) is 72.7 cm³/mol. The van der Waals surface area contributed by atoms with Gasteiger partial charge in [0.05, 0.1) is 0 Å². The topological polar surface area (TPSA) is 55.6 Å². The molecule has 0 aliphatic heterocycles. The molecule has 1 aromatic carbocycles. The molecule has 0 heterocycles. The Kier molecular flexibility index (Phi) is 6.02. The summed E-state index contributed by atoms with van der Waals surface area (Å²) in [5, 5.41) is 0. The second-order valence-electron chi connectivity index (χ2n) is 4.83. The molecule has 0 spiro atoms. The number of nitrogens with two attached hydrogens (primary N) is 1. The van der Waals surface area contributed by atoms with Gasteiger partial charge in [-0.1, -0.05) is 18.2 Å². The summed E-state index contributed by atoms with van der Waals surface area (Å²) in [5.74, 6) is -0.307. The molecule has 4 nitrogen and oxygen atoms in total. The van der Waals surface area contributed by atoms with E-state index < -0.39 is 31.3 Å². The fourth-order valence-corrected chi connectivity index (χ4v) is 1.79. The van der Waals surface area contributed by atoms with Crippen molar-refractivity contribution in [1.82, 2.24) is 4.90 Å². The van der Waals surface area contributed by atoms with Crippen LogP contribution in [0.2, 0.25) is 0 Å². The number of rotatable bonds is 6. The van der Waals surface area contributed by atoms with E-state index in [9.17, 15) is 18.0 Å². The van der Waals surface area contributed by atoms with Crippen molar-refractivity contribution >= 4 is 5.91 Å². The van der Waals surface area contributed by atoms with Crippen LogP contribution in [0.1, 0.15) is 19.4 Å². The molecular weight excluding hydrogens is 285 g/mol. The average molecular weight is 304 g/mol. The van der Waals surface area contributed by atoms with Gasteiger partial charge >= 0.3 is 6.18 Å². The number of carbonyl (C=O) groups is 1. The Bertz CT molecular complexity index is 476. The Balaban J connectivity index is 2.70. The Labute approximate surface area is 121 Å². The highest BCUT2D eigenvalue weighted by Crippen LogP contribution is 2.20. The Hall–Kier alpha value is -1.76. The zero-order chi connectivity index (χ0) is 16.0. The van der Waals surface area contributed by atoms with Crippen molar-refractivity contribution in [3.8, 4) is 5.75 Å². The van der Waals surface area contributed by atoms with Crippen LogP contribution in [0.15, 0.2) is 24.3 Å². The lowest BCUT2D eigenvalue weighted by Gasteiger charge is -2.27. The molecule has 0 aliphatic rings. The number of halogens is 3. The normalized spacial score (nSPS) is 11.6. The van der Waals surface area contributed by atoms with Gasteiger partial charge in [-0.25, -0.2) is 0 Å². The van der Waals surface area contributed by atoms with Gasteiger partial charge in [-0.05, 0) is 19.9 Å². The highest BCUT2D eigenvalue weighted by Gasteiger charge is 2.34. The van der Waals surface area contributed by atoms with E-state index in [4.69, 9.17) is 10.5 Å². The van der Waals surface area contributed by atoms with E-state index in [0.717, 1.165) is 4.90 Å². The molecule has 2 N–H and O–H groups in total. The summed E-state index contributed by atoms with van der Waals surface area (Å²) in [6.07, 6.45) is -4.44. The van der Waals surface area contributed by atoms with E-state index in [2.05, 4.69) is 0 Å². The first-order valence-corrected chi connectivity index (χ1v) is 6.51. The molecular formula is C14H19F3N2O2. The van der Waals surface area contributed by atoms with E-state index in [1.165, 1.54) is 13.8 Å². The SMILES string of the molecule is CC(C)N(CC(F)(F)F)C(=O)COc1ccccc1CN. The van der Waals surface area contributed by atoms with Crippen LogP contribution in [-0.2, 0) is 11.3 Å². The van der Waals surface area contributed by atoms with Crippen molar-refractivity contribution in [2.75, 3.05) is 13.2 Å². The van der Waals surface area contributed by atoms with Crippen LogP contribution in [0.3, 0.4) is 0 Å². The van der Waals surface area contributed by atoms with Gasteiger partial charge in [0.25, 0.3) is 5.91 Å². The lowest BCUT2D eigenvalue weighted by atomic mass is 10.2. The average Bonchev–Trinajstić information content (AvgIpc) is 2.41. The zero-order valence-corrected chi connectivity index (χ0v) is 12.0. The van der Waals surface area contributed by atoms with Gasteiger partial charge in [0.15, 0.2) is 6.61 Å². The molecule has 0 atom stereocenters. The Morgan fingerprint density at radius 1 is 1.33 bits per heavy atom. The first-order chi connectivity index (χ1) is 9.74. The number of nitrogens with zero attached hydrogens (tertiary/aromatic N) is 1. The van der Waals surface area contributed by atoms with Crippen LogP contribution in [0, 0.1) is 0 Å². The molecule has 0 unspecified atom stereocenters. The van der Waals surface area contributed by atoms with Gasteiger partial charge in [-0.3, -0.25) is 4.79 Å². The third kappa shape index (κ3) is 5.63. The minimum Gasteiger partial charge on any atom is -0.483 e. The smallest absolute Gasteiger partial charge is 0.406 e. The lowest BCUT2D eigenvalue weighted by Crippen LogP contribution is -2.45. The van der Waals surface area contributed by atoms with Crippen molar-refractivity contribution in [1.29, 1.82) is 0 Å². The molecule has 0 saturated heterocycles. The van der Waals surface area contributed by atoms with Gasteiger partial charge in [-0.2, -0.15) is 13.2 Å². The van der Waals surface area contributed by atoms with Crippen molar-refractivity contribution in [2.45, 2.75) is 32.6 Å². The van der Waals surface area contributed by atoms with Crippen LogP contribution in [-0.4, -0.2) is 36.2 Å². The number of benzene rings is 1. The minimum atomic E-state index is -4.44. The zero-order valence-electron chi connectivity index (χ0n) is 12.0. The molecule has 0 aliphatic carbocycles. The first-order valence-electron chi connectivity index (χ1n) is 6.51. The fourth-order valence-electron chi connectivity index (χ4n) is 1.79. The highest BCUT2D eigenvalue weighted by molar-refractivity contribution is 5.78. The summed E-state index contributed by atoms with van der Waals surface area (Å²) < 4.78 is 42.7. The number of carbonyl (C=O) groups excluding carboxylic acids is 1.